The van der Waals surface area contributed by atoms with Crippen LogP contribution in [-0.4, -0.2) is 42.1 Å². The first-order valence-corrected chi connectivity index (χ1v) is 9.27. The summed E-state index contributed by atoms with van der Waals surface area (Å²) < 4.78 is 20.9. The number of nitrogens with zero attached hydrogens (tertiary/aromatic N) is 1. The highest BCUT2D eigenvalue weighted by molar-refractivity contribution is 5.93. The predicted molar refractivity (Wildman–Crippen MR) is 112 cm³/mol. The van der Waals surface area contributed by atoms with Gasteiger partial charge in [-0.3, -0.25) is 14.4 Å². The van der Waals surface area contributed by atoms with Crippen molar-refractivity contribution in [1.82, 2.24) is 4.90 Å². The molecule has 0 radical (unpaired) electrons. The Hall–Kier alpha value is -4.34. The number of phenols is 1. The second kappa shape index (κ2) is 8.80. The summed E-state index contributed by atoms with van der Waals surface area (Å²) in [5, 5.41) is 10.1. The Morgan fingerprint density at radius 1 is 0.906 bits per heavy atom. The van der Waals surface area contributed by atoms with E-state index in [-0.39, 0.29) is 22.5 Å². The van der Waals surface area contributed by atoms with Gasteiger partial charge in [-0.2, -0.15) is 0 Å². The highest BCUT2D eigenvalue weighted by Crippen LogP contribution is 2.43. The zero-order valence-electron chi connectivity index (χ0n) is 17.6. The smallest absolute Gasteiger partial charge is 0.414 e. The van der Waals surface area contributed by atoms with Crippen LogP contribution in [0.15, 0.2) is 45.6 Å². The third-order valence-electron chi connectivity index (χ3n) is 4.11. The first kappa shape index (κ1) is 22.3. The van der Waals surface area contributed by atoms with Gasteiger partial charge in [0.1, 0.15) is 22.5 Å². The van der Waals surface area contributed by atoms with Crippen molar-refractivity contribution < 1.29 is 38.1 Å². The first-order valence-electron chi connectivity index (χ1n) is 9.27. The van der Waals surface area contributed by atoms with Crippen molar-refractivity contribution in [3.63, 3.8) is 0 Å². The Labute approximate surface area is 181 Å². The van der Waals surface area contributed by atoms with Crippen LogP contribution in [0.1, 0.15) is 13.8 Å². The van der Waals surface area contributed by atoms with Crippen molar-refractivity contribution in [2.24, 2.45) is 0 Å². The molecule has 2 aromatic carbocycles. The van der Waals surface area contributed by atoms with Gasteiger partial charge < -0.3 is 28.6 Å². The number of hydrogen-bond acceptors (Lipinski definition) is 9. The average molecular weight is 441 g/mol. The molecule has 0 spiro atoms. The van der Waals surface area contributed by atoms with E-state index in [1.165, 1.54) is 17.0 Å². The monoisotopic (exact) mass is 441 g/mol. The first-order chi connectivity index (χ1) is 15.1. The van der Waals surface area contributed by atoms with Crippen LogP contribution in [0.5, 0.6) is 23.0 Å². The summed E-state index contributed by atoms with van der Waals surface area (Å²) in [6.45, 7) is 2.18. The number of carbonyl (C=O) groups excluding carboxylic acids is 3. The summed E-state index contributed by atoms with van der Waals surface area (Å²) in [5.74, 6) is -2.60. The Kier molecular flexibility index (Phi) is 6.15. The second-order valence-electron chi connectivity index (χ2n) is 6.88. The zero-order valence-corrected chi connectivity index (χ0v) is 17.6. The molecule has 1 heterocycles. The van der Waals surface area contributed by atoms with Gasteiger partial charge in [-0.1, -0.05) is 0 Å². The molecule has 32 heavy (non-hydrogen) atoms. The van der Waals surface area contributed by atoms with Gasteiger partial charge in [-0.05, 0) is 24.3 Å². The van der Waals surface area contributed by atoms with Crippen molar-refractivity contribution >= 4 is 29.0 Å². The molecule has 10 nitrogen and oxygen atoms in total. The molecule has 0 unspecified atom stereocenters. The van der Waals surface area contributed by atoms with E-state index in [1.54, 1.807) is 26.2 Å². The molecule has 1 amide bonds. The minimum atomic E-state index is -0.795. The van der Waals surface area contributed by atoms with E-state index in [0.717, 1.165) is 26.0 Å². The van der Waals surface area contributed by atoms with Gasteiger partial charge in [-0.15, -0.1) is 0 Å². The van der Waals surface area contributed by atoms with Crippen LogP contribution < -0.4 is 19.6 Å². The third-order valence-corrected chi connectivity index (χ3v) is 4.11. The molecule has 166 valence electrons. The van der Waals surface area contributed by atoms with E-state index in [1.807, 2.05) is 0 Å². The van der Waals surface area contributed by atoms with Crippen LogP contribution in [0.4, 0.5) is 4.79 Å². The fourth-order valence-corrected chi connectivity index (χ4v) is 2.76. The van der Waals surface area contributed by atoms with E-state index in [9.17, 15) is 24.3 Å². The summed E-state index contributed by atoms with van der Waals surface area (Å²) in [7, 11) is 3.10. The molecule has 0 fully saturated rings. The van der Waals surface area contributed by atoms with E-state index in [4.69, 9.17) is 18.6 Å². The number of phenolic OH excluding ortho intramolecular Hbond substituents is 1. The predicted octanol–water partition coefficient (Wildman–Crippen LogP) is 3.08. The zero-order chi connectivity index (χ0) is 23.6. The summed E-state index contributed by atoms with van der Waals surface area (Å²) in [5.41, 5.74) is -0.222. The number of hydrogen-bond donors (Lipinski definition) is 1. The van der Waals surface area contributed by atoms with Crippen LogP contribution >= 0.6 is 0 Å². The van der Waals surface area contributed by atoms with Crippen molar-refractivity contribution in [2.45, 2.75) is 13.8 Å². The number of benzene rings is 2. The maximum atomic E-state index is 12.9. The topological polar surface area (TPSA) is 133 Å². The Morgan fingerprint density at radius 2 is 1.50 bits per heavy atom. The molecular weight excluding hydrogens is 422 g/mol. The molecule has 10 heteroatoms. The van der Waals surface area contributed by atoms with E-state index < -0.39 is 40.7 Å². The van der Waals surface area contributed by atoms with Gasteiger partial charge >= 0.3 is 18.0 Å². The highest BCUT2D eigenvalue weighted by atomic mass is 16.6. The van der Waals surface area contributed by atoms with Crippen LogP contribution in [0.3, 0.4) is 0 Å². The van der Waals surface area contributed by atoms with E-state index in [0.29, 0.717) is 5.56 Å². The maximum Gasteiger partial charge on any atom is 0.414 e. The molecule has 3 rings (SSSR count). The lowest BCUT2D eigenvalue weighted by molar-refractivity contribution is -0.134. The van der Waals surface area contributed by atoms with Gasteiger partial charge in [0.05, 0.1) is 0 Å². The summed E-state index contributed by atoms with van der Waals surface area (Å²) in [6.07, 6.45) is -0.549. The van der Waals surface area contributed by atoms with E-state index >= 15 is 0 Å². The van der Waals surface area contributed by atoms with Gasteiger partial charge in [-0.25, -0.2) is 4.79 Å². The molecule has 1 N–H and O–H groups in total. The van der Waals surface area contributed by atoms with Gasteiger partial charge in [0, 0.05) is 45.6 Å². The molecule has 3 aromatic rings. The fraction of sp³-hybridized carbons (Fsp3) is 0.182. The summed E-state index contributed by atoms with van der Waals surface area (Å²) in [6, 6.07) is 8.42. The van der Waals surface area contributed by atoms with Crippen molar-refractivity contribution in [3.05, 3.63) is 46.6 Å². The molecule has 0 saturated heterocycles. The van der Waals surface area contributed by atoms with Crippen LogP contribution in [0.2, 0.25) is 0 Å². The second-order valence-corrected chi connectivity index (χ2v) is 6.88. The molecular formula is C22H19NO9. The molecule has 0 aliphatic carbocycles. The number of aromatic hydroxyl groups is 1. The highest BCUT2D eigenvalue weighted by Gasteiger charge is 2.23. The van der Waals surface area contributed by atoms with Crippen molar-refractivity contribution in [2.75, 3.05) is 14.1 Å². The number of fused-ring (bicyclic) bond motifs is 1. The number of amides is 1. The third kappa shape index (κ3) is 4.69. The van der Waals surface area contributed by atoms with Gasteiger partial charge in [0.2, 0.25) is 5.75 Å². The lowest BCUT2D eigenvalue weighted by atomic mass is 10.1. The summed E-state index contributed by atoms with van der Waals surface area (Å²) in [4.78, 5) is 48.7. The Balaban J connectivity index is 2.10. The number of esters is 2. The molecule has 0 bridgehead atoms. The Morgan fingerprint density at radius 3 is 2.06 bits per heavy atom. The lowest BCUT2D eigenvalue weighted by Crippen LogP contribution is -2.25. The molecule has 0 atom stereocenters. The normalized spacial score (nSPS) is 10.5. The number of carbonyl (C=O) groups is 3. The maximum absolute atomic E-state index is 12.9. The van der Waals surface area contributed by atoms with E-state index in [2.05, 4.69) is 0 Å². The average Bonchev–Trinajstić information content (AvgIpc) is 2.70. The minimum absolute atomic E-state index is 0.0970. The van der Waals surface area contributed by atoms with Crippen LogP contribution in [0, 0.1) is 0 Å². The largest absolute Gasteiger partial charge is 0.504 e. The molecule has 0 aliphatic rings. The van der Waals surface area contributed by atoms with Crippen LogP contribution in [-0.2, 0) is 9.59 Å². The Bertz CT molecular complexity index is 1270. The lowest BCUT2D eigenvalue weighted by Gasteiger charge is -2.13. The molecule has 1 aromatic heterocycles. The number of ether oxygens (including phenoxy) is 3. The van der Waals surface area contributed by atoms with Crippen molar-refractivity contribution in [1.29, 1.82) is 0 Å². The summed E-state index contributed by atoms with van der Waals surface area (Å²) >= 11 is 0. The van der Waals surface area contributed by atoms with Crippen molar-refractivity contribution in [3.8, 4) is 34.3 Å². The van der Waals surface area contributed by atoms with Gasteiger partial charge in [0.25, 0.3) is 0 Å². The van der Waals surface area contributed by atoms with Crippen LogP contribution in [0.25, 0.3) is 22.3 Å². The standard InChI is InChI=1S/C22H19NO9/c1-11(24)29-20-16(27)10-18-19(21(20)30-12(2)25)15(26)9-17(32-18)13-5-7-14(8-6-13)31-22(28)23(3)4/h5-10,27H,1-4H3. The molecule has 0 saturated carbocycles. The minimum Gasteiger partial charge on any atom is -0.504 e. The molecule has 0 aliphatic heterocycles. The van der Waals surface area contributed by atoms with Gasteiger partial charge in [0.15, 0.2) is 16.9 Å². The fourth-order valence-electron chi connectivity index (χ4n) is 2.76. The number of rotatable bonds is 4. The quantitative estimate of drug-likeness (QED) is 0.479. The SMILES string of the molecule is CC(=O)Oc1c(O)cc2oc(-c3ccc(OC(=O)N(C)C)cc3)cc(=O)c2c1OC(C)=O.